The molecule has 0 saturated carbocycles. The molecule has 0 amide bonds. The molecule has 0 bridgehead atoms. The fraction of sp³-hybridized carbons (Fsp3) is 0.562. The number of hydrogen-bond donors (Lipinski definition) is 0. The maximum Gasteiger partial charge on any atom is 0.309 e. The van der Waals surface area contributed by atoms with Gasteiger partial charge in [-0.3, -0.25) is 4.79 Å². The lowest BCUT2D eigenvalue weighted by atomic mass is 9.85. The number of benzene rings is 1. The van der Waals surface area contributed by atoms with Gasteiger partial charge in [-0.2, -0.15) is 0 Å². The average molecular weight is 294 g/mol. The molecule has 0 aliphatic heterocycles. The van der Waals surface area contributed by atoms with E-state index < -0.39 is 9.04 Å². The predicted molar refractivity (Wildman–Crippen MR) is 84.5 cm³/mol. The summed E-state index contributed by atoms with van der Waals surface area (Å²) in [5.41, 5.74) is 3.45. The molecule has 0 unspecified atom stereocenters. The van der Waals surface area contributed by atoms with E-state index in [2.05, 4.69) is 46.0 Å². The Balaban J connectivity index is 3.06. The monoisotopic (exact) mass is 294 g/mol. The molecule has 0 spiro atoms. The number of ether oxygens (including phenoxy) is 1. The molecule has 0 aliphatic carbocycles. The molecule has 112 valence electrons. The highest BCUT2D eigenvalue weighted by atomic mass is 28.3. The van der Waals surface area contributed by atoms with Gasteiger partial charge in [0.1, 0.15) is 0 Å². The van der Waals surface area contributed by atoms with Crippen LogP contribution in [-0.2, 0) is 32.4 Å². The molecule has 0 heterocycles. The van der Waals surface area contributed by atoms with E-state index in [0.29, 0.717) is 13.0 Å². The molecule has 0 aliphatic rings. The van der Waals surface area contributed by atoms with Crippen molar-refractivity contribution in [3.63, 3.8) is 0 Å². The van der Waals surface area contributed by atoms with Gasteiger partial charge in [0.25, 0.3) is 0 Å². The lowest BCUT2D eigenvalue weighted by Gasteiger charge is -2.21. The zero-order valence-electron chi connectivity index (χ0n) is 13.4. The van der Waals surface area contributed by atoms with Crippen molar-refractivity contribution in [2.75, 3.05) is 7.11 Å². The molecule has 0 radical (unpaired) electrons. The van der Waals surface area contributed by atoms with Gasteiger partial charge in [-0.05, 0) is 35.2 Å². The molecular weight excluding hydrogens is 268 g/mol. The molecule has 0 aromatic heterocycles. The summed E-state index contributed by atoms with van der Waals surface area (Å²) in [5, 5.41) is 0. The summed E-state index contributed by atoms with van der Waals surface area (Å²) < 4.78 is 10.6. The number of esters is 1. The van der Waals surface area contributed by atoms with Crippen molar-refractivity contribution >= 4 is 15.0 Å². The summed E-state index contributed by atoms with van der Waals surface area (Å²) in [4.78, 5) is 11.5. The number of methoxy groups -OCH3 is 1. The van der Waals surface area contributed by atoms with Crippen LogP contribution in [0.15, 0.2) is 18.2 Å². The van der Waals surface area contributed by atoms with Gasteiger partial charge in [-0.25, -0.2) is 0 Å². The lowest BCUT2D eigenvalue weighted by Crippen LogP contribution is -2.15. The van der Waals surface area contributed by atoms with Crippen LogP contribution < -0.4 is 0 Å². The normalized spacial score (nSPS) is 11.8. The Hall–Kier alpha value is -1.13. The highest BCUT2D eigenvalue weighted by molar-refractivity contribution is 6.48. The van der Waals surface area contributed by atoms with Gasteiger partial charge in [0.2, 0.25) is 0 Å². The minimum absolute atomic E-state index is 0.0911. The quantitative estimate of drug-likeness (QED) is 0.618. The van der Waals surface area contributed by atoms with Crippen LogP contribution in [0.2, 0.25) is 13.1 Å². The Morgan fingerprint density at radius 3 is 2.35 bits per heavy atom. The van der Waals surface area contributed by atoms with Gasteiger partial charge in [0.05, 0.1) is 20.1 Å². The second-order valence-electron chi connectivity index (χ2n) is 6.35. The zero-order chi connectivity index (χ0) is 15.3. The zero-order valence-corrected chi connectivity index (χ0v) is 14.6. The van der Waals surface area contributed by atoms with E-state index in [9.17, 15) is 4.79 Å². The Morgan fingerprint density at radius 1 is 1.20 bits per heavy atom. The van der Waals surface area contributed by atoms with Crippen LogP contribution in [0.4, 0.5) is 0 Å². The number of carbonyl (C=O) groups excluding carboxylic acids is 1. The number of carbonyl (C=O) groups is 1. The summed E-state index contributed by atoms with van der Waals surface area (Å²) in [6.07, 6.45) is 0.305. The summed E-state index contributed by atoms with van der Waals surface area (Å²) in [6, 6.07) is 6.28. The largest absolute Gasteiger partial charge is 0.469 e. The molecule has 3 nitrogen and oxygen atoms in total. The van der Waals surface area contributed by atoms with Crippen molar-refractivity contribution in [1.29, 1.82) is 0 Å². The van der Waals surface area contributed by atoms with Gasteiger partial charge in [0, 0.05) is 0 Å². The maximum atomic E-state index is 11.5. The molecule has 1 rings (SSSR count). The fourth-order valence-electron chi connectivity index (χ4n) is 1.88. The molecule has 20 heavy (non-hydrogen) atoms. The van der Waals surface area contributed by atoms with E-state index in [4.69, 9.17) is 9.16 Å². The highest BCUT2D eigenvalue weighted by Gasteiger charge is 2.17. The summed E-state index contributed by atoms with van der Waals surface area (Å²) in [5.74, 6) is -0.212. The van der Waals surface area contributed by atoms with Crippen LogP contribution in [0, 0.1) is 0 Å². The molecule has 0 saturated heterocycles. The third kappa shape index (κ3) is 5.10. The van der Waals surface area contributed by atoms with Crippen molar-refractivity contribution in [3.8, 4) is 0 Å². The van der Waals surface area contributed by atoms with Gasteiger partial charge >= 0.3 is 5.97 Å². The first kappa shape index (κ1) is 16.9. The van der Waals surface area contributed by atoms with Crippen molar-refractivity contribution in [1.82, 2.24) is 0 Å². The predicted octanol–water partition coefficient (Wildman–Crippen LogP) is 3.20. The van der Waals surface area contributed by atoms with Crippen LogP contribution in [-0.4, -0.2) is 22.1 Å². The van der Waals surface area contributed by atoms with E-state index in [1.54, 1.807) is 0 Å². The van der Waals surface area contributed by atoms with E-state index in [0.717, 1.165) is 11.1 Å². The Kier molecular flexibility index (Phi) is 5.96. The molecule has 0 atom stereocenters. The van der Waals surface area contributed by atoms with Crippen molar-refractivity contribution in [3.05, 3.63) is 34.9 Å². The molecule has 1 aromatic carbocycles. The molecule has 0 N–H and O–H groups in total. The van der Waals surface area contributed by atoms with E-state index in [-0.39, 0.29) is 11.4 Å². The first-order valence-corrected chi connectivity index (χ1v) is 9.83. The van der Waals surface area contributed by atoms with Gasteiger partial charge in [0.15, 0.2) is 9.04 Å². The van der Waals surface area contributed by atoms with E-state index in [1.165, 1.54) is 12.7 Å². The topological polar surface area (TPSA) is 35.5 Å². The standard InChI is InChI=1S/C16H26O3Si/c1-16(2,3)14-8-7-12(10-15(17)18-4)13(9-14)11-19-20(5)6/h7-9,20H,10-11H2,1-6H3. The maximum absolute atomic E-state index is 11.5. The van der Waals surface area contributed by atoms with Crippen molar-refractivity contribution in [2.45, 2.75) is 52.3 Å². The summed E-state index contributed by atoms with van der Waals surface area (Å²) in [6.45, 7) is 11.4. The Bertz CT molecular complexity index is 461. The van der Waals surface area contributed by atoms with Gasteiger partial charge < -0.3 is 9.16 Å². The van der Waals surface area contributed by atoms with Gasteiger partial charge in [-0.1, -0.05) is 39.0 Å². The van der Waals surface area contributed by atoms with Crippen molar-refractivity contribution in [2.24, 2.45) is 0 Å². The highest BCUT2D eigenvalue weighted by Crippen LogP contribution is 2.25. The molecular formula is C16H26O3Si. The van der Waals surface area contributed by atoms with Gasteiger partial charge in [-0.15, -0.1) is 0 Å². The van der Waals surface area contributed by atoms with Crippen LogP contribution in [0.25, 0.3) is 0 Å². The van der Waals surface area contributed by atoms with Crippen molar-refractivity contribution < 1.29 is 14.0 Å². The van der Waals surface area contributed by atoms with Crippen LogP contribution in [0.1, 0.15) is 37.5 Å². The minimum Gasteiger partial charge on any atom is -0.469 e. The minimum atomic E-state index is -1.08. The van der Waals surface area contributed by atoms with E-state index >= 15 is 0 Å². The SMILES string of the molecule is COC(=O)Cc1ccc(C(C)(C)C)cc1CO[SiH](C)C. The molecule has 4 heteroatoms. The molecule has 1 aromatic rings. The third-order valence-electron chi connectivity index (χ3n) is 3.21. The second-order valence-corrected chi connectivity index (χ2v) is 8.78. The fourth-order valence-corrected chi connectivity index (χ4v) is 2.40. The Morgan fingerprint density at radius 2 is 1.85 bits per heavy atom. The van der Waals surface area contributed by atoms with Crippen LogP contribution in [0.3, 0.4) is 0 Å². The summed E-state index contributed by atoms with van der Waals surface area (Å²) in [7, 11) is 0.342. The summed E-state index contributed by atoms with van der Waals surface area (Å²) >= 11 is 0. The first-order valence-electron chi connectivity index (χ1n) is 7.04. The molecule has 0 fully saturated rings. The van der Waals surface area contributed by atoms with E-state index in [1.807, 2.05) is 6.07 Å². The van der Waals surface area contributed by atoms with Crippen LogP contribution in [0.5, 0.6) is 0 Å². The number of rotatable bonds is 5. The smallest absolute Gasteiger partial charge is 0.309 e. The lowest BCUT2D eigenvalue weighted by molar-refractivity contribution is -0.139. The number of hydrogen-bond acceptors (Lipinski definition) is 3. The third-order valence-corrected chi connectivity index (χ3v) is 4.04. The average Bonchev–Trinajstić information content (AvgIpc) is 2.35. The first-order chi connectivity index (χ1) is 9.24. The van der Waals surface area contributed by atoms with Crippen LogP contribution >= 0.6 is 0 Å². The second kappa shape index (κ2) is 7.04. The Labute approximate surface area is 124 Å².